The van der Waals surface area contributed by atoms with Crippen LogP contribution in [0.25, 0.3) is 10.9 Å². The van der Waals surface area contributed by atoms with Crippen molar-refractivity contribution in [2.75, 3.05) is 11.9 Å². The number of pyridine rings is 1. The number of rotatable bonds is 5. The van der Waals surface area contributed by atoms with Crippen LogP contribution in [-0.4, -0.2) is 17.1 Å². The molecule has 1 aromatic heterocycles. The number of para-hydroxylation sites is 1. The van der Waals surface area contributed by atoms with Gasteiger partial charge in [0.2, 0.25) is 0 Å². The maximum absolute atomic E-state index is 6.35. The van der Waals surface area contributed by atoms with Crippen LogP contribution in [0.3, 0.4) is 0 Å². The van der Waals surface area contributed by atoms with Gasteiger partial charge in [-0.15, -0.1) is 0 Å². The lowest BCUT2D eigenvalue weighted by Gasteiger charge is -2.27. The zero-order valence-electron chi connectivity index (χ0n) is 12.0. The average Bonchev–Trinajstić information content (AvgIpc) is 2.44. The molecule has 0 amide bonds. The third-order valence-electron chi connectivity index (χ3n) is 3.88. The Kier molecular flexibility index (Phi) is 4.05. The van der Waals surface area contributed by atoms with Gasteiger partial charge in [0.25, 0.3) is 0 Å². The van der Waals surface area contributed by atoms with Crippen LogP contribution in [0.4, 0.5) is 5.69 Å². The molecule has 19 heavy (non-hydrogen) atoms. The summed E-state index contributed by atoms with van der Waals surface area (Å²) in [6.45, 7) is 7.09. The van der Waals surface area contributed by atoms with E-state index in [4.69, 9.17) is 5.73 Å². The minimum absolute atomic E-state index is 0.141. The Balaban J connectivity index is 2.30. The highest BCUT2D eigenvalue weighted by molar-refractivity contribution is 5.91. The molecular formula is C16H23N3. The number of nitrogens with two attached hydrogens (primary N) is 1. The minimum Gasteiger partial charge on any atom is -0.383 e. The summed E-state index contributed by atoms with van der Waals surface area (Å²) >= 11 is 0. The highest BCUT2D eigenvalue weighted by atomic mass is 14.9. The average molecular weight is 257 g/mol. The number of nitrogens with zero attached hydrogens (tertiary/aromatic N) is 1. The van der Waals surface area contributed by atoms with Gasteiger partial charge in [0.15, 0.2) is 0 Å². The zero-order chi connectivity index (χ0) is 13.9. The standard InChI is InChI=1S/C16H23N3/c1-4-16(17,5-2)11-18-15-10-12(3)19-14-9-7-6-8-13(14)15/h6-10H,4-5,11,17H2,1-3H3,(H,18,19). The molecule has 2 rings (SSSR count). The first kappa shape index (κ1) is 13.8. The second kappa shape index (κ2) is 5.57. The van der Waals surface area contributed by atoms with E-state index in [1.165, 1.54) is 0 Å². The summed E-state index contributed by atoms with van der Waals surface area (Å²) in [6.07, 6.45) is 1.94. The van der Waals surface area contributed by atoms with E-state index >= 15 is 0 Å². The number of benzene rings is 1. The summed E-state index contributed by atoms with van der Waals surface area (Å²) in [5.41, 5.74) is 9.39. The highest BCUT2D eigenvalue weighted by Crippen LogP contribution is 2.24. The van der Waals surface area contributed by atoms with Crippen molar-refractivity contribution >= 4 is 16.6 Å². The lowest BCUT2D eigenvalue weighted by molar-refractivity contribution is 0.418. The molecule has 0 unspecified atom stereocenters. The normalized spacial score (nSPS) is 11.8. The van der Waals surface area contributed by atoms with E-state index in [1.54, 1.807) is 0 Å². The molecule has 0 aliphatic heterocycles. The summed E-state index contributed by atoms with van der Waals surface area (Å²) in [5.74, 6) is 0. The van der Waals surface area contributed by atoms with E-state index in [1.807, 2.05) is 25.1 Å². The summed E-state index contributed by atoms with van der Waals surface area (Å²) in [5, 5.41) is 4.66. The fourth-order valence-corrected chi connectivity index (χ4v) is 2.23. The first-order valence-corrected chi connectivity index (χ1v) is 6.97. The molecule has 1 heterocycles. The number of aromatic nitrogens is 1. The number of nitrogens with one attached hydrogen (secondary N) is 1. The molecule has 0 saturated carbocycles. The van der Waals surface area contributed by atoms with Crippen LogP contribution >= 0.6 is 0 Å². The van der Waals surface area contributed by atoms with Gasteiger partial charge in [-0.3, -0.25) is 4.98 Å². The van der Waals surface area contributed by atoms with E-state index in [9.17, 15) is 0 Å². The second-order valence-corrected chi connectivity index (χ2v) is 5.25. The summed E-state index contributed by atoms with van der Waals surface area (Å²) in [6, 6.07) is 10.3. The van der Waals surface area contributed by atoms with Crippen molar-refractivity contribution in [2.45, 2.75) is 39.2 Å². The molecule has 3 heteroatoms. The molecule has 0 fully saturated rings. The summed E-state index contributed by atoms with van der Waals surface area (Å²) in [7, 11) is 0. The Labute approximate surface area is 115 Å². The molecule has 0 saturated heterocycles. The van der Waals surface area contributed by atoms with Crippen LogP contribution in [0.2, 0.25) is 0 Å². The predicted octanol–water partition coefficient (Wildman–Crippen LogP) is 3.47. The smallest absolute Gasteiger partial charge is 0.0725 e. The number of hydrogen-bond acceptors (Lipinski definition) is 3. The first-order chi connectivity index (χ1) is 9.08. The van der Waals surface area contributed by atoms with E-state index < -0.39 is 0 Å². The van der Waals surface area contributed by atoms with Gasteiger partial charge in [0.05, 0.1) is 5.52 Å². The van der Waals surface area contributed by atoms with Gasteiger partial charge < -0.3 is 11.1 Å². The van der Waals surface area contributed by atoms with Crippen molar-refractivity contribution < 1.29 is 0 Å². The second-order valence-electron chi connectivity index (χ2n) is 5.25. The van der Waals surface area contributed by atoms with Crippen molar-refractivity contribution in [1.82, 2.24) is 4.98 Å². The molecule has 102 valence electrons. The Morgan fingerprint density at radius 3 is 2.58 bits per heavy atom. The number of fused-ring (bicyclic) bond motifs is 1. The van der Waals surface area contributed by atoms with Gasteiger partial charge in [-0.05, 0) is 31.9 Å². The van der Waals surface area contributed by atoms with Crippen LogP contribution in [0.5, 0.6) is 0 Å². The molecular weight excluding hydrogens is 234 g/mol. The maximum atomic E-state index is 6.35. The number of anilines is 1. The lowest BCUT2D eigenvalue weighted by Crippen LogP contribution is -2.45. The van der Waals surface area contributed by atoms with Crippen LogP contribution in [0, 0.1) is 6.92 Å². The van der Waals surface area contributed by atoms with Crippen LogP contribution < -0.4 is 11.1 Å². The van der Waals surface area contributed by atoms with Crippen molar-refractivity contribution in [3.8, 4) is 0 Å². The third kappa shape index (κ3) is 3.04. The van der Waals surface area contributed by atoms with Gasteiger partial charge in [-0.25, -0.2) is 0 Å². The maximum Gasteiger partial charge on any atom is 0.0725 e. The Hall–Kier alpha value is -1.61. The van der Waals surface area contributed by atoms with E-state index in [-0.39, 0.29) is 5.54 Å². The van der Waals surface area contributed by atoms with Crippen molar-refractivity contribution in [3.05, 3.63) is 36.0 Å². The fourth-order valence-electron chi connectivity index (χ4n) is 2.23. The van der Waals surface area contributed by atoms with E-state index in [0.29, 0.717) is 0 Å². The van der Waals surface area contributed by atoms with Gasteiger partial charge in [-0.1, -0.05) is 32.0 Å². The van der Waals surface area contributed by atoms with Crippen molar-refractivity contribution in [3.63, 3.8) is 0 Å². The van der Waals surface area contributed by atoms with Gasteiger partial charge in [0, 0.05) is 28.9 Å². The molecule has 0 bridgehead atoms. The van der Waals surface area contributed by atoms with Crippen LogP contribution in [0.15, 0.2) is 30.3 Å². The molecule has 3 N–H and O–H groups in total. The van der Waals surface area contributed by atoms with E-state index in [2.05, 4.69) is 36.3 Å². The molecule has 0 aliphatic carbocycles. The van der Waals surface area contributed by atoms with E-state index in [0.717, 1.165) is 41.7 Å². The minimum atomic E-state index is -0.141. The molecule has 0 radical (unpaired) electrons. The van der Waals surface area contributed by atoms with Gasteiger partial charge in [0.1, 0.15) is 0 Å². The van der Waals surface area contributed by atoms with Crippen LogP contribution in [0.1, 0.15) is 32.4 Å². The Morgan fingerprint density at radius 2 is 1.89 bits per heavy atom. The molecule has 0 spiro atoms. The molecule has 2 aromatic rings. The number of hydrogen-bond donors (Lipinski definition) is 2. The first-order valence-electron chi connectivity index (χ1n) is 6.97. The summed E-state index contributed by atoms with van der Waals surface area (Å²) < 4.78 is 0. The molecule has 1 aromatic carbocycles. The van der Waals surface area contributed by atoms with Gasteiger partial charge in [-0.2, -0.15) is 0 Å². The summed E-state index contributed by atoms with van der Waals surface area (Å²) in [4.78, 5) is 4.55. The highest BCUT2D eigenvalue weighted by Gasteiger charge is 2.20. The lowest BCUT2D eigenvalue weighted by atomic mass is 9.94. The quantitative estimate of drug-likeness (QED) is 0.862. The Morgan fingerprint density at radius 1 is 1.21 bits per heavy atom. The molecule has 3 nitrogen and oxygen atoms in total. The van der Waals surface area contributed by atoms with Crippen molar-refractivity contribution in [2.24, 2.45) is 5.73 Å². The molecule has 0 atom stereocenters. The topological polar surface area (TPSA) is 50.9 Å². The Bertz CT molecular complexity index is 559. The van der Waals surface area contributed by atoms with Crippen molar-refractivity contribution in [1.29, 1.82) is 0 Å². The predicted molar refractivity (Wildman–Crippen MR) is 82.5 cm³/mol. The van der Waals surface area contributed by atoms with Gasteiger partial charge >= 0.3 is 0 Å². The third-order valence-corrected chi connectivity index (χ3v) is 3.88. The fraction of sp³-hybridized carbons (Fsp3) is 0.438. The molecule has 0 aliphatic rings. The zero-order valence-corrected chi connectivity index (χ0v) is 12.0. The SMILES string of the molecule is CCC(N)(CC)CNc1cc(C)nc2ccccc12. The monoisotopic (exact) mass is 257 g/mol. The number of aryl methyl sites for hydroxylation is 1. The van der Waals surface area contributed by atoms with Crippen LogP contribution in [-0.2, 0) is 0 Å². The largest absolute Gasteiger partial charge is 0.383 e.